The van der Waals surface area contributed by atoms with Crippen LogP contribution in [-0.2, 0) is 4.79 Å². The summed E-state index contributed by atoms with van der Waals surface area (Å²) < 4.78 is 0. The minimum absolute atomic E-state index is 0.0173. The second-order valence-electron chi connectivity index (χ2n) is 2.64. The number of nitrogens with one attached hydrogen (secondary N) is 2. The first-order valence-corrected chi connectivity index (χ1v) is 4.22. The van der Waals surface area contributed by atoms with Crippen molar-refractivity contribution in [3.63, 3.8) is 0 Å². The van der Waals surface area contributed by atoms with Crippen molar-refractivity contribution in [1.82, 2.24) is 5.43 Å². The fourth-order valence-electron chi connectivity index (χ4n) is 0.865. The molecular formula is C10H12N2O2. The zero-order valence-corrected chi connectivity index (χ0v) is 7.60. The maximum absolute atomic E-state index is 10.1. The number of anilines is 1. The van der Waals surface area contributed by atoms with Gasteiger partial charge in [0.1, 0.15) is 0 Å². The molecule has 0 bridgehead atoms. The monoisotopic (exact) mass is 192 g/mol. The van der Waals surface area contributed by atoms with Crippen molar-refractivity contribution in [3.05, 3.63) is 42.6 Å². The Morgan fingerprint density at radius 1 is 1.36 bits per heavy atom. The van der Waals surface area contributed by atoms with Gasteiger partial charge in [0.15, 0.2) is 0 Å². The van der Waals surface area contributed by atoms with Crippen LogP contribution < -0.4 is 10.9 Å². The molecule has 0 amide bonds. The molecule has 4 nitrogen and oxygen atoms in total. The standard InChI is InChI=1S/C10H12N2O2/c13-10(14)7-4-8-11-12-9-5-2-1-3-6-9/h1-6,8,11-12H,7H2,(H,13,14). The van der Waals surface area contributed by atoms with Crippen molar-refractivity contribution >= 4 is 11.7 Å². The highest BCUT2D eigenvalue weighted by Crippen LogP contribution is 2.02. The average Bonchev–Trinajstić information content (AvgIpc) is 2.18. The molecule has 0 saturated carbocycles. The first-order chi connectivity index (χ1) is 6.79. The van der Waals surface area contributed by atoms with E-state index in [9.17, 15) is 4.79 Å². The largest absolute Gasteiger partial charge is 0.481 e. The van der Waals surface area contributed by atoms with Crippen LogP contribution in [0.4, 0.5) is 5.69 Å². The summed E-state index contributed by atoms with van der Waals surface area (Å²) in [5.41, 5.74) is 6.58. The zero-order valence-electron chi connectivity index (χ0n) is 7.60. The van der Waals surface area contributed by atoms with E-state index in [2.05, 4.69) is 10.9 Å². The fraction of sp³-hybridized carbons (Fsp3) is 0.100. The smallest absolute Gasteiger partial charge is 0.307 e. The lowest BCUT2D eigenvalue weighted by molar-refractivity contribution is -0.136. The highest BCUT2D eigenvalue weighted by atomic mass is 16.4. The van der Waals surface area contributed by atoms with Crippen molar-refractivity contribution in [2.24, 2.45) is 0 Å². The topological polar surface area (TPSA) is 61.4 Å². The van der Waals surface area contributed by atoms with Gasteiger partial charge in [0.2, 0.25) is 0 Å². The van der Waals surface area contributed by atoms with Gasteiger partial charge in [-0.05, 0) is 12.1 Å². The third kappa shape index (κ3) is 4.15. The Morgan fingerprint density at radius 3 is 2.71 bits per heavy atom. The summed E-state index contributed by atoms with van der Waals surface area (Å²) in [5, 5.41) is 8.33. The molecule has 0 aliphatic carbocycles. The van der Waals surface area contributed by atoms with E-state index in [4.69, 9.17) is 5.11 Å². The van der Waals surface area contributed by atoms with Crippen molar-refractivity contribution < 1.29 is 9.90 Å². The number of aliphatic carboxylic acids is 1. The van der Waals surface area contributed by atoms with Crippen molar-refractivity contribution in [2.75, 3.05) is 5.43 Å². The Labute approximate surface area is 82.2 Å². The number of hydrogen-bond donors (Lipinski definition) is 3. The summed E-state index contributed by atoms with van der Waals surface area (Å²) in [4.78, 5) is 10.1. The van der Waals surface area contributed by atoms with Crippen LogP contribution in [0.25, 0.3) is 0 Å². The van der Waals surface area contributed by atoms with E-state index in [1.54, 1.807) is 6.20 Å². The number of rotatable bonds is 5. The van der Waals surface area contributed by atoms with E-state index in [0.29, 0.717) is 0 Å². The molecular weight excluding hydrogens is 180 g/mol. The van der Waals surface area contributed by atoms with Gasteiger partial charge < -0.3 is 16.0 Å². The van der Waals surface area contributed by atoms with Crippen LogP contribution in [0.15, 0.2) is 42.6 Å². The molecule has 4 heteroatoms. The lowest BCUT2D eigenvalue weighted by Crippen LogP contribution is -2.13. The van der Waals surface area contributed by atoms with E-state index in [-0.39, 0.29) is 6.42 Å². The van der Waals surface area contributed by atoms with Gasteiger partial charge in [0.05, 0.1) is 12.1 Å². The normalized spacial score (nSPS) is 10.0. The highest BCUT2D eigenvalue weighted by Gasteiger charge is 1.88. The van der Waals surface area contributed by atoms with Gasteiger partial charge in [0.25, 0.3) is 0 Å². The summed E-state index contributed by atoms with van der Waals surface area (Å²) in [5.74, 6) is -0.845. The van der Waals surface area contributed by atoms with Crippen molar-refractivity contribution in [2.45, 2.75) is 6.42 Å². The van der Waals surface area contributed by atoms with Crippen LogP contribution in [0, 0.1) is 0 Å². The lowest BCUT2D eigenvalue weighted by atomic mass is 10.3. The molecule has 0 heterocycles. The third-order valence-electron chi connectivity index (χ3n) is 1.48. The van der Waals surface area contributed by atoms with Crippen LogP contribution in [0.2, 0.25) is 0 Å². The molecule has 1 rings (SSSR count). The quantitative estimate of drug-likeness (QED) is 0.620. The van der Waals surface area contributed by atoms with E-state index in [1.807, 2.05) is 30.3 Å². The molecule has 0 aromatic heterocycles. The predicted molar refractivity (Wildman–Crippen MR) is 54.6 cm³/mol. The molecule has 3 N–H and O–H groups in total. The molecule has 0 unspecified atom stereocenters. The number of carbonyl (C=O) groups is 1. The number of carboxylic acid groups (broad SMARTS) is 1. The van der Waals surface area contributed by atoms with Crippen LogP contribution in [0.1, 0.15) is 6.42 Å². The second kappa shape index (κ2) is 5.64. The molecule has 0 aliphatic heterocycles. The fourth-order valence-corrected chi connectivity index (χ4v) is 0.865. The molecule has 74 valence electrons. The van der Waals surface area contributed by atoms with Gasteiger partial charge in [-0.25, -0.2) is 0 Å². The minimum Gasteiger partial charge on any atom is -0.481 e. The number of carboxylic acids is 1. The van der Waals surface area contributed by atoms with E-state index >= 15 is 0 Å². The number of benzene rings is 1. The second-order valence-corrected chi connectivity index (χ2v) is 2.64. The molecule has 0 aliphatic rings. The molecule has 14 heavy (non-hydrogen) atoms. The average molecular weight is 192 g/mol. The maximum Gasteiger partial charge on any atom is 0.307 e. The van der Waals surface area contributed by atoms with Crippen LogP contribution in [-0.4, -0.2) is 11.1 Å². The molecule has 1 aromatic rings. The predicted octanol–water partition coefficient (Wildman–Crippen LogP) is 1.59. The summed E-state index contributed by atoms with van der Waals surface area (Å²) >= 11 is 0. The Morgan fingerprint density at radius 2 is 2.07 bits per heavy atom. The Hall–Kier alpha value is -1.97. The molecule has 0 saturated heterocycles. The van der Waals surface area contributed by atoms with Gasteiger partial charge >= 0.3 is 5.97 Å². The molecule has 0 fully saturated rings. The summed E-state index contributed by atoms with van der Waals surface area (Å²) in [6.07, 6.45) is 3.10. The van der Waals surface area contributed by atoms with Crippen molar-refractivity contribution in [3.8, 4) is 0 Å². The van der Waals surface area contributed by atoms with E-state index < -0.39 is 5.97 Å². The van der Waals surface area contributed by atoms with Crippen molar-refractivity contribution in [1.29, 1.82) is 0 Å². The minimum atomic E-state index is -0.845. The molecule has 1 aromatic carbocycles. The number of hydrogen-bond acceptors (Lipinski definition) is 3. The van der Waals surface area contributed by atoms with Gasteiger partial charge in [0, 0.05) is 6.20 Å². The summed E-state index contributed by atoms with van der Waals surface area (Å²) in [7, 11) is 0. The maximum atomic E-state index is 10.1. The third-order valence-corrected chi connectivity index (χ3v) is 1.48. The summed E-state index contributed by atoms with van der Waals surface area (Å²) in [6, 6.07) is 9.54. The first-order valence-electron chi connectivity index (χ1n) is 4.22. The van der Waals surface area contributed by atoms with Crippen LogP contribution in [0.3, 0.4) is 0 Å². The zero-order chi connectivity index (χ0) is 10.2. The molecule has 0 radical (unpaired) electrons. The first kappa shape index (κ1) is 10.1. The van der Waals surface area contributed by atoms with E-state index in [0.717, 1.165) is 5.69 Å². The Kier molecular flexibility index (Phi) is 4.07. The van der Waals surface area contributed by atoms with Gasteiger partial charge in [-0.1, -0.05) is 24.3 Å². The van der Waals surface area contributed by atoms with Gasteiger partial charge in [-0.3, -0.25) is 4.79 Å². The Balaban J connectivity index is 2.22. The SMILES string of the molecule is O=C(O)CC=CNNc1ccccc1. The highest BCUT2D eigenvalue weighted by molar-refractivity contribution is 5.68. The number of hydrazine groups is 1. The number of para-hydroxylation sites is 1. The molecule has 0 spiro atoms. The summed E-state index contributed by atoms with van der Waals surface area (Å²) in [6.45, 7) is 0. The van der Waals surface area contributed by atoms with E-state index in [1.165, 1.54) is 6.08 Å². The van der Waals surface area contributed by atoms with Gasteiger partial charge in [-0.15, -0.1) is 0 Å². The molecule has 0 atom stereocenters. The Bertz CT molecular complexity index is 309. The van der Waals surface area contributed by atoms with Gasteiger partial charge in [-0.2, -0.15) is 0 Å². The van der Waals surface area contributed by atoms with Crippen LogP contribution >= 0.6 is 0 Å². The van der Waals surface area contributed by atoms with Crippen LogP contribution in [0.5, 0.6) is 0 Å². The lowest BCUT2D eigenvalue weighted by Gasteiger charge is -2.03.